The number of nitrogens with zero attached hydrogens (tertiary/aromatic N) is 1. The van der Waals surface area contributed by atoms with Gasteiger partial charge < -0.3 is 15.9 Å². The number of piperidine rings is 1. The largest absolute Gasteiger partial charge is 0.481 e. The number of carboxylic acids is 2. The number of nitrogens with two attached hydrogens (primary N) is 1. The molecule has 4 N–H and O–H groups in total. The standard InChI is InChI=1S/C24H29ClN2O6S2/c25-17-4-2-1-3-15(17)12-27-10-9-20(35-34-13-18(26)19(28)7-8-21(29)30)16(11-22(31)32)23(27)24(33)14-5-6-14/h1-4,11,14,18,20,23H,5-10,12-13,26H2,(H,29,30)(H,31,32)/b16-11+. The quantitative estimate of drug-likeness (QED) is 0.252. The summed E-state index contributed by atoms with van der Waals surface area (Å²) >= 11 is 6.36. The Morgan fingerprint density at radius 2 is 1.86 bits per heavy atom. The summed E-state index contributed by atoms with van der Waals surface area (Å²) in [5, 5.41) is 18.7. The Hall–Kier alpha value is -1.85. The Balaban J connectivity index is 1.73. The van der Waals surface area contributed by atoms with Gasteiger partial charge in [-0.1, -0.05) is 51.4 Å². The van der Waals surface area contributed by atoms with Crippen molar-refractivity contribution in [3.05, 3.63) is 46.5 Å². The zero-order valence-electron chi connectivity index (χ0n) is 19.1. The predicted octanol–water partition coefficient (Wildman–Crippen LogP) is 3.42. The monoisotopic (exact) mass is 540 g/mol. The van der Waals surface area contributed by atoms with E-state index in [2.05, 4.69) is 0 Å². The first-order chi connectivity index (χ1) is 16.7. The van der Waals surface area contributed by atoms with E-state index < -0.39 is 24.0 Å². The van der Waals surface area contributed by atoms with E-state index >= 15 is 0 Å². The second-order valence-electron chi connectivity index (χ2n) is 8.75. The van der Waals surface area contributed by atoms with Crippen molar-refractivity contribution >= 4 is 56.7 Å². The summed E-state index contributed by atoms with van der Waals surface area (Å²) in [4.78, 5) is 49.8. The summed E-state index contributed by atoms with van der Waals surface area (Å²) < 4.78 is 0. The highest BCUT2D eigenvalue weighted by Gasteiger charge is 2.44. The van der Waals surface area contributed by atoms with Gasteiger partial charge in [0, 0.05) is 47.5 Å². The number of carboxylic acid groups (broad SMARTS) is 2. The minimum atomic E-state index is -1.11. The smallest absolute Gasteiger partial charge is 0.328 e. The van der Waals surface area contributed by atoms with Gasteiger partial charge in [-0.15, -0.1) is 0 Å². The Kier molecular flexibility index (Phi) is 10.2. The predicted molar refractivity (Wildman–Crippen MR) is 137 cm³/mol. The highest BCUT2D eigenvalue weighted by molar-refractivity contribution is 8.77. The summed E-state index contributed by atoms with van der Waals surface area (Å²) in [6.07, 6.45) is 3.03. The molecule has 3 atom stereocenters. The van der Waals surface area contributed by atoms with Gasteiger partial charge in [0.1, 0.15) is 0 Å². The van der Waals surface area contributed by atoms with Gasteiger partial charge in [0.2, 0.25) is 0 Å². The molecule has 0 spiro atoms. The van der Waals surface area contributed by atoms with Crippen molar-refractivity contribution < 1.29 is 29.4 Å². The van der Waals surface area contributed by atoms with Crippen molar-refractivity contribution in [3.63, 3.8) is 0 Å². The highest BCUT2D eigenvalue weighted by atomic mass is 35.5. The van der Waals surface area contributed by atoms with Crippen LogP contribution in [-0.4, -0.2) is 68.2 Å². The molecule has 1 aromatic rings. The SMILES string of the molecule is NC(CSSC1CCN(Cc2ccccc2Cl)C(C(=O)C2CC2)/C1=C/C(=O)O)C(=O)CCC(=O)O. The van der Waals surface area contributed by atoms with Gasteiger partial charge in [-0.25, -0.2) is 4.79 Å². The maximum absolute atomic E-state index is 13.3. The average molecular weight is 541 g/mol. The maximum atomic E-state index is 13.3. The third kappa shape index (κ3) is 8.08. The Morgan fingerprint density at radius 1 is 1.14 bits per heavy atom. The number of benzene rings is 1. The first-order valence-corrected chi connectivity index (χ1v) is 14.2. The van der Waals surface area contributed by atoms with Gasteiger partial charge in [0.05, 0.1) is 18.5 Å². The number of hydrogen-bond acceptors (Lipinski definition) is 8. The van der Waals surface area contributed by atoms with E-state index in [0.717, 1.165) is 24.5 Å². The molecule has 1 heterocycles. The molecule has 190 valence electrons. The molecule has 1 aliphatic heterocycles. The molecule has 0 aromatic heterocycles. The number of hydrogen-bond donors (Lipinski definition) is 3. The fourth-order valence-electron chi connectivity index (χ4n) is 4.04. The molecule has 3 rings (SSSR count). The van der Waals surface area contributed by atoms with E-state index in [9.17, 15) is 24.3 Å². The fourth-order valence-corrected chi connectivity index (χ4v) is 7.11. The normalized spacial score (nSPS) is 22.6. The zero-order valence-corrected chi connectivity index (χ0v) is 21.5. The number of carbonyl (C=O) groups is 4. The lowest BCUT2D eigenvalue weighted by atomic mass is 9.89. The van der Waals surface area contributed by atoms with Crippen molar-refractivity contribution in [1.29, 1.82) is 0 Å². The van der Waals surface area contributed by atoms with Crippen LogP contribution >= 0.6 is 33.2 Å². The van der Waals surface area contributed by atoms with Crippen LogP contribution in [0.1, 0.15) is 37.7 Å². The minimum absolute atomic E-state index is 0.0420. The Labute approximate surface area is 217 Å². The van der Waals surface area contributed by atoms with Crippen LogP contribution in [0.25, 0.3) is 0 Å². The summed E-state index contributed by atoms with van der Waals surface area (Å²) in [6.45, 7) is 1.03. The summed E-state index contributed by atoms with van der Waals surface area (Å²) in [6, 6.07) is 5.97. The second-order valence-corrected chi connectivity index (χ2v) is 11.8. The molecule has 8 nitrogen and oxygen atoms in total. The van der Waals surface area contributed by atoms with Gasteiger partial charge in [-0.05, 0) is 36.5 Å². The molecule has 0 radical (unpaired) electrons. The number of Topliss-reactive ketones (excluding diaryl/α,β-unsaturated/α-hetero) is 2. The summed E-state index contributed by atoms with van der Waals surface area (Å²) in [5.41, 5.74) is 7.35. The maximum Gasteiger partial charge on any atom is 0.328 e. The Morgan fingerprint density at radius 3 is 2.49 bits per heavy atom. The molecule has 1 aliphatic carbocycles. The summed E-state index contributed by atoms with van der Waals surface area (Å²) in [5.74, 6) is -2.22. The van der Waals surface area contributed by atoms with E-state index in [0.29, 0.717) is 30.1 Å². The lowest BCUT2D eigenvalue weighted by Crippen LogP contribution is -2.50. The van der Waals surface area contributed by atoms with Crippen LogP contribution in [0, 0.1) is 5.92 Å². The van der Waals surface area contributed by atoms with E-state index in [-0.39, 0.29) is 41.3 Å². The lowest BCUT2D eigenvalue weighted by molar-refractivity contribution is -0.138. The lowest BCUT2D eigenvalue weighted by Gasteiger charge is -2.40. The van der Waals surface area contributed by atoms with Crippen LogP contribution in [0.15, 0.2) is 35.9 Å². The van der Waals surface area contributed by atoms with E-state index in [1.165, 1.54) is 21.6 Å². The fraction of sp³-hybridized carbons (Fsp3) is 0.500. The third-order valence-electron chi connectivity index (χ3n) is 6.03. The van der Waals surface area contributed by atoms with Crippen molar-refractivity contribution in [3.8, 4) is 0 Å². The van der Waals surface area contributed by atoms with Crippen molar-refractivity contribution in [1.82, 2.24) is 4.90 Å². The van der Waals surface area contributed by atoms with Crippen molar-refractivity contribution in [2.45, 2.75) is 56.0 Å². The summed E-state index contributed by atoms with van der Waals surface area (Å²) in [7, 11) is 2.76. The molecular formula is C24H29ClN2O6S2. The third-order valence-corrected chi connectivity index (χ3v) is 9.29. The van der Waals surface area contributed by atoms with Crippen LogP contribution in [0.2, 0.25) is 5.02 Å². The van der Waals surface area contributed by atoms with E-state index in [1.807, 2.05) is 23.1 Å². The molecule has 3 unspecified atom stereocenters. The number of likely N-dealkylation sites (tertiary alicyclic amines) is 1. The minimum Gasteiger partial charge on any atom is -0.481 e. The number of carbonyl (C=O) groups excluding carboxylic acids is 2. The van der Waals surface area contributed by atoms with Crippen molar-refractivity contribution in [2.75, 3.05) is 12.3 Å². The van der Waals surface area contributed by atoms with Crippen LogP contribution in [-0.2, 0) is 25.7 Å². The topological polar surface area (TPSA) is 138 Å². The number of aliphatic carboxylic acids is 2. The first kappa shape index (κ1) is 27.7. The molecular weight excluding hydrogens is 512 g/mol. The molecule has 2 aliphatic rings. The molecule has 35 heavy (non-hydrogen) atoms. The zero-order chi connectivity index (χ0) is 25.5. The molecule has 2 fully saturated rings. The van der Waals surface area contributed by atoms with Gasteiger partial charge in [0.15, 0.2) is 11.6 Å². The van der Waals surface area contributed by atoms with Gasteiger partial charge in [-0.3, -0.25) is 19.3 Å². The molecule has 1 saturated heterocycles. The number of halogens is 1. The molecule has 1 saturated carbocycles. The molecule has 0 bridgehead atoms. The second kappa shape index (κ2) is 12.9. The van der Waals surface area contributed by atoms with Gasteiger partial charge in [0.25, 0.3) is 0 Å². The van der Waals surface area contributed by atoms with Gasteiger partial charge >= 0.3 is 11.9 Å². The first-order valence-electron chi connectivity index (χ1n) is 11.4. The van der Waals surface area contributed by atoms with E-state index in [4.69, 9.17) is 22.4 Å². The average Bonchev–Trinajstić information content (AvgIpc) is 3.65. The molecule has 1 aromatic carbocycles. The molecule has 0 amide bonds. The van der Waals surface area contributed by atoms with Gasteiger partial charge in [-0.2, -0.15) is 0 Å². The highest BCUT2D eigenvalue weighted by Crippen LogP contribution is 2.43. The number of rotatable bonds is 13. The van der Waals surface area contributed by atoms with Crippen LogP contribution < -0.4 is 5.73 Å². The van der Waals surface area contributed by atoms with Crippen LogP contribution in [0.5, 0.6) is 0 Å². The Bertz CT molecular complexity index is 1000. The number of ketones is 2. The van der Waals surface area contributed by atoms with Crippen LogP contribution in [0.4, 0.5) is 0 Å². The van der Waals surface area contributed by atoms with Crippen LogP contribution in [0.3, 0.4) is 0 Å². The molecule has 11 heteroatoms. The van der Waals surface area contributed by atoms with Crippen molar-refractivity contribution in [2.24, 2.45) is 11.7 Å². The van der Waals surface area contributed by atoms with E-state index in [1.54, 1.807) is 6.07 Å².